The van der Waals surface area contributed by atoms with Gasteiger partial charge in [-0.3, -0.25) is 4.79 Å². The van der Waals surface area contributed by atoms with Crippen LogP contribution in [-0.4, -0.2) is 32.1 Å². The molecule has 3 atom stereocenters. The molecular formula is C34H36N2O4. The van der Waals surface area contributed by atoms with Crippen LogP contribution in [0.25, 0.3) is 10.8 Å². The Morgan fingerprint density at radius 2 is 1.62 bits per heavy atom. The highest BCUT2D eigenvalue weighted by molar-refractivity contribution is 6.05. The Kier molecular flexibility index (Phi) is 8.46. The summed E-state index contributed by atoms with van der Waals surface area (Å²) in [7, 11) is 2.84. The Bertz CT molecular complexity index is 1490. The lowest BCUT2D eigenvalue weighted by atomic mass is 9.80. The van der Waals surface area contributed by atoms with Crippen molar-refractivity contribution >= 4 is 28.3 Å². The number of methoxy groups -OCH3 is 2. The van der Waals surface area contributed by atoms with Gasteiger partial charge < -0.3 is 20.1 Å². The van der Waals surface area contributed by atoms with E-state index in [4.69, 9.17) is 9.47 Å². The SMILES string of the molecule is COC(=O)c1ccc(OC)c(NC(=O)c2ccc([C@H]3CCCC(NC(C)c4cccc5ccccc45)C3)cc2)c1. The van der Waals surface area contributed by atoms with Crippen molar-refractivity contribution in [3.63, 3.8) is 0 Å². The van der Waals surface area contributed by atoms with Crippen molar-refractivity contribution < 1.29 is 19.1 Å². The average Bonchev–Trinajstić information content (AvgIpc) is 3.00. The van der Waals surface area contributed by atoms with Gasteiger partial charge in [0.2, 0.25) is 0 Å². The summed E-state index contributed by atoms with van der Waals surface area (Å²) in [5.74, 6) is 0.171. The molecule has 0 bridgehead atoms. The van der Waals surface area contributed by atoms with Crippen LogP contribution in [0.1, 0.15) is 76.4 Å². The van der Waals surface area contributed by atoms with Crippen LogP contribution in [0.5, 0.6) is 5.75 Å². The standard InChI is InChI=1S/C34H36N2O4/c1-22(29-13-7-9-24-8-4-5-12-30(24)29)35-28-11-6-10-26(20-28)23-14-16-25(17-15-23)33(37)36-31-21-27(34(38)40-3)18-19-32(31)39-2/h4-5,7-9,12-19,21-22,26,28,35H,6,10-11,20H2,1-3H3,(H,36,37)/t22?,26-,28?/m0/s1. The number of fused-ring (bicyclic) bond motifs is 1. The first-order chi connectivity index (χ1) is 19.5. The van der Waals surface area contributed by atoms with Gasteiger partial charge >= 0.3 is 5.97 Å². The molecule has 4 aromatic rings. The highest BCUT2D eigenvalue weighted by atomic mass is 16.5. The summed E-state index contributed by atoms with van der Waals surface area (Å²) < 4.78 is 10.2. The minimum Gasteiger partial charge on any atom is -0.495 e. The van der Waals surface area contributed by atoms with Crippen molar-refractivity contribution in [3.05, 3.63) is 107 Å². The van der Waals surface area contributed by atoms with Gasteiger partial charge in [0.15, 0.2) is 0 Å². The summed E-state index contributed by atoms with van der Waals surface area (Å²) in [4.78, 5) is 25.0. The number of anilines is 1. The first-order valence-electron chi connectivity index (χ1n) is 13.9. The van der Waals surface area contributed by atoms with E-state index < -0.39 is 5.97 Å². The smallest absolute Gasteiger partial charge is 0.337 e. The van der Waals surface area contributed by atoms with E-state index in [2.05, 4.69) is 72.2 Å². The largest absolute Gasteiger partial charge is 0.495 e. The topological polar surface area (TPSA) is 76.7 Å². The molecule has 4 aromatic carbocycles. The lowest BCUT2D eigenvalue weighted by Crippen LogP contribution is -2.35. The Morgan fingerprint density at radius 1 is 0.875 bits per heavy atom. The minimum atomic E-state index is -0.478. The monoisotopic (exact) mass is 536 g/mol. The molecule has 0 aromatic heterocycles. The van der Waals surface area contributed by atoms with Crippen molar-refractivity contribution in [3.8, 4) is 5.75 Å². The Hall–Kier alpha value is -4.16. The van der Waals surface area contributed by atoms with Gasteiger partial charge in [-0.2, -0.15) is 0 Å². The lowest BCUT2D eigenvalue weighted by Gasteiger charge is -2.32. The minimum absolute atomic E-state index is 0.260. The van der Waals surface area contributed by atoms with Gasteiger partial charge in [-0.05, 0) is 84.3 Å². The normalized spacial score (nSPS) is 17.7. The molecule has 1 amide bonds. The Morgan fingerprint density at radius 3 is 2.40 bits per heavy atom. The van der Waals surface area contributed by atoms with Crippen molar-refractivity contribution in [1.82, 2.24) is 5.32 Å². The molecule has 6 nitrogen and oxygen atoms in total. The number of carbonyl (C=O) groups is 2. The summed E-state index contributed by atoms with van der Waals surface area (Å²) in [5, 5.41) is 9.35. The van der Waals surface area contributed by atoms with E-state index in [0.29, 0.717) is 34.5 Å². The third kappa shape index (κ3) is 6.02. The zero-order valence-corrected chi connectivity index (χ0v) is 23.3. The zero-order chi connectivity index (χ0) is 28.1. The van der Waals surface area contributed by atoms with Crippen molar-refractivity contribution in [2.45, 2.75) is 50.6 Å². The third-order valence-electron chi connectivity index (χ3n) is 7.96. The molecule has 206 valence electrons. The molecule has 6 heteroatoms. The first kappa shape index (κ1) is 27.4. The molecule has 1 aliphatic carbocycles. The molecule has 2 N–H and O–H groups in total. The maximum Gasteiger partial charge on any atom is 0.337 e. The van der Waals surface area contributed by atoms with Crippen LogP contribution in [0, 0.1) is 0 Å². The summed E-state index contributed by atoms with van der Waals surface area (Å²) in [6, 6.07) is 28.5. The van der Waals surface area contributed by atoms with Crippen LogP contribution >= 0.6 is 0 Å². The molecule has 2 unspecified atom stereocenters. The van der Waals surface area contributed by atoms with Crippen LogP contribution in [0.3, 0.4) is 0 Å². The van der Waals surface area contributed by atoms with Gasteiger partial charge in [0.05, 0.1) is 25.5 Å². The second-order valence-electron chi connectivity index (χ2n) is 10.5. The molecule has 0 aliphatic heterocycles. The summed E-state index contributed by atoms with van der Waals surface area (Å²) >= 11 is 0. The Labute approximate surface area is 235 Å². The fourth-order valence-corrected chi connectivity index (χ4v) is 5.87. The van der Waals surface area contributed by atoms with Gasteiger partial charge in [0.25, 0.3) is 5.91 Å². The van der Waals surface area contributed by atoms with Crippen molar-refractivity contribution in [2.75, 3.05) is 19.5 Å². The number of hydrogen-bond acceptors (Lipinski definition) is 5. The molecule has 0 saturated heterocycles. The summed E-state index contributed by atoms with van der Waals surface area (Å²) in [6.45, 7) is 2.26. The second kappa shape index (κ2) is 12.3. The van der Waals surface area contributed by atoms with Crippen molar-refractivity contribution in [2.24, 2.45) is 0 Å². The van der Waals surface area contributed by atoms with E-state index in [0.717, 1.165) is 12.8 Å². The molecule has 1 fully saturated rings. The summed E-state index contributed by atoms with van der Waals surface area (Å²) in [5.41, 5.74) is 3.89. The van der Waals surface area contributed by atoms with Crippen LogP contribution < -0.4 is 15.4 Å². The predicted octanol–water partition coefficient (Wildman–Crippen LogP) is 7.26. The van der Waals surface area contributed by atoms with E-state index in [1.165, 1.54) is 49.0 Å². The van der Waals surface area contributed by atoms with Crippen LogP contribution in [-0.2, 0) is 4.74 Å². The third-order valence-corrected chi connectivity index (χ3v) is 7.96. The van der Waals surface area contributed by atoms with Crippen LogP contribution in [0.2, 0.25) is 0 Å². The first-order valence-corrected chi connectivity index (χ1v) is 13.9. The van der Waals surface area contributed by atoms with Crippen LogP contribution in [0.4, 0.5) is 5.69 Å². The van der Waals surface area contributed by atoms with E-state index in [1.807, 2.05) is 12.1 Å². The number of carbonyl (C=O) groups excluding carboxylic acids is 2. The van der Waals surface area contributed by atoms with Crippen LogP contribution in [0.15, 0.2) is 84.9 Å². The quantitative estimate of drug-likeness (QED) is 0.232. The number of amides is 1. The zero-order valence-electron chi connectivity index (χ0n) is 23.3. The fraction of sp³-hybridized carbons (Fsp3) is 0.294. The number of hydrogen-bond donors (Lipinski definition) is 2. The molecule has 1 saturated carbocycles. The Balaban J connectivity index is 1.24. The molecule has 0 radical (unpaired) electrons. The maximum atomic E-state index is 13.0. The van der Waals surface area contributed by atoms with E-state index >= 15 is 0 Å². The van der Waals surface area contributed by atoms with Gasteiger partial charge in [0, 0.05) is 17.6 Å². The highest BCUT2D eigenvalue weighted by Gasteiger charge is 2.25. The number of nitrogens with one attached hydrogen (secondary N) is 2. The van der Waals surface area contributed by atoms with Gasteiger partial charge in [0.1, 0.15) is 5.75 Å². The van der Waals surface area contributed by atoms with Gasteiger partial charge in [-0.15, -0.1) is 0 Å². The molecule has 0 spiro atoms. The molecular weight excluding hydrogens is 500 g/mol. The van der Waals surface area contributed by atoms with E-state index in [1.54, 1.807) is 18.2 Å². The number of ether oxygens (including phenoxy) is 2. The average molecular weight is 537 g/mol. The van der Waals surface area contributed by atoms with Gasteiger partial charge in [-0.25, -0.2) is 4.79 Å². The van der Waals surface area contributed by atoms with E-state index in [-0.39, 0.29) is 11.9 Å². The lowest BCUT2D eigenvalue weighted by molar-refractivity contribution is 0.0600. The molecule has 1 aliphatic rings. The number of esters is 1. The van der Waals surface area contributed by atoms with E-state index in [9.17, 15) is 9.59 Å². The highest BCUT2D eigenvalue weighted by Crippen LogP contribution is 2.35. The second-order valence-corrected chi connectivity index (χ2v) is 10.5. The van der Waals surface area contributed by atoms with Crippen molar-refractivity contribution in [1.29, 1.82) is 0 Å². The molecule has 0 heterocycles. The van der Waals surface area contributed by atoms with Gasteiger partial charge in [-0.1, -0.05) is 61.0 Å². The molecule has 5 rings (SSSR count). The molecule has 40 heavy (non-hydrogen) atoms. The summed E-state index contributed by atoms with van der Waals surface area (Å²) in [6.07, 6.45) is 4.55. The maximum absolute atomic E-state index is 13.0. The fourth-order valence-electron chi connectivity index (χ4n) is 5.87. The number of rotatable bonds is 8. The number of benzene rings is 4. The predicted molar refractivity (Wildman–Crippen MR) is 159 cm³/mol.